The zero-order chi connectivity index (χ0) is 19.3. The van der Waals surface area contributed by atoms with Crippen molar-refractivity contribution < 1.29 is 13.9 Å². The van der Waals surface area contributed by atoms with Gasteiger partial charge in [0.15, 0.2) is 0 Å². The third-order valence-corrected chi connectivity index (χ3v) is 5.17. The summed E-state index contributed by atoms with van der Waals surface area (Å²) >= 11 is 0. The molecule has 2 aliphatic heterocycles. The van der Waals surface area contributed by atoms with Gasteiger partial charge >= 0.3 is 0 Å². The van der Waals surface area contributed by atoms with Crippen LogP contribution in [0.1, 0.15) is 23.2 Å². The zero-order valence-corrected chi connectivity index (χ0v) is 15.7. The van der Waals surface area contributed by atoms with Gasteiger partial charge in [-0.3, -0.25) is 4.79 Å². The number of rotatable bonds is 5. The molecule has 1 aromatic heterocycles. The highest BCUT2D eigenvalue weighted by Crippen LogP contribution is 2.21. The van der Waals surface area contributed by atoms with E-state index < -0.39 is 0 Å². The first kappa shape index (κ1) is 18.6. The summed E-state index contributed by atoms with van der Waals surface area (Å²) in [6.07, 6.45) is 5.24. The number of hydrogen-bond donors (Lipinski definition) is 1. The standard InChI is InChI=1S/C20H24FN5O2/c21-17-5-1-2-6-18(17)25-7-9-26(10-8-25)20-23-12-15(13-24-20)19(27)22-14-16-4-3-11-28-16/h1-2,5-6,12-13,16H,3-4,7-11,14H2,(H,22,27). The maximum atomic E-state index is 14.0. The Bertz CT molecular complexity index is 802. The molecule has 1 aromatic carbocycles. The molecule has 0 spiro atoms. The highest BCUT2D eigenvalue weighted by atomic mass is 19.1. The highest BCUT2D eigenvalue weighted by Gasteiger charge is 2.21. The summed E-state index contributed by atoms with van der Waals surface area (Å²) in [5, 5.41) is 2.87. The molecule has 1 N–H and O–H groups in total. The van der Waals surface area contributed by atoms with E-state index >= 15 is 0 Å². The zero-order valence-electron chi connectivity index (χ0n) is 15.7. The molecule has 1 unspecified atom stereocenters. The molecule has 0 bridgehead atoms. The molecular weight excluding hydrogens is 361 g/mol. The minimum absolute atomic E-state index is 0.106. The van der Waals surface area contributed by atoms with Gasteiger partial charge in [0.25, 0.3) is 5.91 Å². The van der Waals surface area contributed by atoms with Crippen LogP contribution in [0.4, 0.5) is 16.0 Å². The van der Waals surface area contributed by atoms with Gasteiger partial charge in [-0.1, -0.05) is 12.1 Å². The van der Waals surface area contributed by atoms with Gasteiger partial charge in [-0.2, -0.15) is 0 Å². The van der Waals surface area contributed by atoms with Crippen molar-refractivity contribution in [3.8, 4) is 0 Å². The Kier molecular flexibility index (Phi) is 5.66. The quantitative estimate of drug-likeness (QED) is 0.847. The molecule has 0 radical (unpaired) electrons. The molecule has 7 nitrogen and oxygen atoms in total. The lowest BCUT2D eigenvalue weighted by molar-refractivity contribution is 0.0857. The average molecular weight is 385 g/mol. The van der Waals surface area contributed by atoms with E-state index in [9.17, 15) is 9.18 Å². The molecule has 2 saturated heterocycles. The molecule has 3 heterocycles. The maximum Gasteiger partial charge on any atom is 0.254 e. The van der Waals surface area contributed by atoms with Crippen LogP contribution in [0.2, 0.25) is 0 Å². The first-order valence-corrected chi connectivity index (χ1v) is 9.67. The number of nitrogens with zero attached hydrogens (tertiary/aromatic N) is 4. The van der Waals surface area contributed by atoms with E-state index in [1.807, 2.05) is 15.9 Å². The molecular formula is C20H24FN5O2. The lowest BCUT2D eigenvalue weighted by Crippen LogP contribution is -2.47. The van der Waals surface area contributed by atoms with E-state index in [2.05, 4.69) is 15.3 Å². The van der Waals surface area contributed by atoms with Gasteiger partial charge in [-0.05, 0) is 25.0 Å². The minimum atomic E-state index is -0.203. The van der Waals surface area contributed by atoms with E-state index in [1.165, 1.54) is 6.07 Å². The Labute approximate surface area is 163 Å². The number of carbonyl (C=O) groups is 1. The van der Waals surface area contributed by atoms with Crippen molar-refractivity contribution in [2.45, 2.75) is 18.9 Å². The topological polar surface area (TPSA) is 70.6 Å². The van der Waals surface area contributed by atoms with Crippen molar-refractivity contribution in [3.05, 3.63) is 48.0 Å². The van der Waals surface area contributed by atoms with Gasteiger partial charge in [-0.15, -0.1) is 0 Å². The van der Waals surface area contributed by atoms with E-state index in [-0.39, 0.29) is 17.8 Å². The fraction of sp³-hybridized carbons (Fsp3) is 0.450. The summed E-state index contributed by atoms with van der Waals surface area (Å²) in [6.45, 7) is 4.04. The van der Waals surface area contributed by atoms with Gasteiger partial charge in [0, 0.05) is 51.7 Å². The molecule has 148 valence electrons. The lowest BCUT2D eigenvalue weighted by atomic mass is 10.2. The van der Waals surface area contributed by atoms with Gasteiger partial charge < -0.3 is 19.9 Å². The Morgan fingerprint density at radius 1 is 1.14 bits per heavy atom. The summed E-state index contributed by atoms with van der Waals surface area (Å²) in [7, 11) is 0. The van der Waals surface area contributed by atoms with Crippen LogP contribution in [0, 0.1) is 5.82 Å². The SMILES string of the molecule is O=C(NCC1CCCO1)c1cnc(N2CCN(c3ccccc3F)CC2)nc1. The molecule has 0 aliphatic carbocycles. The average Bonchev–Trinajstić information content (AvgIpc) is 3.26. The first-order valence-electron chi connectivity index (χ1n) is 9.67. The van der Waals surface area contributed by atoms with Gasteiger partial charge in [0.1, 0.15) is 5.82 Å². The third-order valence-electron chi connectivity index (χ3n) is 5.17. The minimum Gasteiger partial charge on any atom is -0.376 e. The summed E-state index contributed by atoms with van der Waals surface area (Å²) in [4.78, 5) is 25.0. The van der Waals surface area contributed by atoms with Crippen molar-refractivity contribution in [3.63, 3.8) is 0 Å². The lowest BCUT2D eigenvalue weighted by Gasteiger charge is -2.36. The van der Waals surface area contributed by atoms with E-state index in [1.54, 1.807) is 24.5 Å². The van der Waals surface area contributed by atoms with Crippen LogP contribution < -0.4 is 15.1 Å². The Hall–Kier alpha value is -2.74. The molecule has 4 rings (SSSR count). The number of piperazine rings is 1. The van der Waals surface area contributed by atoms with E-state index in [0.717, 1.165) is 19.4 Å². The number of benzene rings is 1. The Morgan fingerprint density at radius 2 is 1.86 bits per heavy atom. The van der Waals surface area contributed by atoms with Crippen molar-refractivity contribution in [1.82, 2.24) is 15.3 Å². The van der Waals surface area contributed by atoms with Crippen LogP contribution in [-0.2, 0) is 4.74 Å². The second-order valence-electron chi connectivity index (χ2n) is 7.04. The van der Waals surface area contributed by atoms with Gasteiger partial charge in [0.2, 0.25) is 5.95 Å². The Balaban J connectivity index is 1.31. The third kappa shape index (κ3) is 4.22. The summed E-state index contributed by atoms with van der Waals surface area (Å²) in [5.41, 5.74) is 1.06. The summed E-state index contributed by atoms with van der Waals surface area (Å²) < 4.78 is 19.5. The van der Waals surface area contributed by atoms with Crippen LogP contribution in [0.3, 0.4) is 0 Å². The fourth-order valence-electron chi connectivity index (χ4n) is 3.57. The van der Waals surface area contributed by atoms with Gasteiger partial charge in [-0.25, -0.2) is 14.4 Å². The number of halogens is 1. The fourth-order valence-corrected chi connectivity index (χ4v) is 3.57. The number of aromatic nitrogens is 2. The molecule has 2 aromatic rings. The molecule has 1 amide bonds. The van der Waals surface area contributed by atoms with Crippen molar-refractivity contribution >= 4 is 17.5 Å². The summed E-state index contributed by atoms with van der Waals surface area (Å²) in [6, 6.07) is 6.82. The normalized spacial score (nSPS) is 19.7. The number of carbonyl (C=O) groups excluding carboxylic acids is 1. The van der Waals surface area contributed by atoms with E-state index in [0.29, 0.717) is 49.9 Å². The number of ether oxygens (including phenoxy) is 1. The van der Waals surface area contributed by atoms with Crippen molar-refractivity contribution in [2.75, 3.05) is 49.1 Å². The maximum absolute atomic E-state index is 14.0. The van der Waals surface area contributed by atoms with Crippen LogP contribution in [0.5, 0.6) is 0 Å². The smallest absolute Gasteiger partial charge is 0.254 e. The first-order chi connectivity index (χ1) is 13.7. The molecule has 8 heteroatoms. The molecule has 0 saturated carbocycles. The number of para-hydroxylation sites is 1. The molecule has 2 fully saturated rings. The number of nitrogens with one attached hydrogen (secondary N) is 1. The molecule has 1 atom stereocenters. The van der Waals surface area contributed by atoms with Crippen molar-refractivity contribution in [2.24, 2.45) is 0 Å². The monoisotopic (exact) mass is 385 g/mol. The van der Waals surface area contributed by atoms with Crippen LogP contribution in [0.15, 0.2) is 36.7 Å². The predicted molar refractivity (Wildman–Crippen MR) is 104 cm³/mol. The number of anilines is 2. The predicted octanol–water partition coefficient (Wildman–Crippen LogP) is 1.85. The molecule has 2 aliphatic rings. The van der Waals surface area contributed by atoms with E-state index in [4.69, 9.17) is 4.74 Å². The van der Waals surface area contributed by atoms with Crippen LogP contribution >= 0.6 is 0 Å². The highest BCUT2D eigenvalue weighted by molar-refractivity contribution is 5.93. The van der Waals surface area contributed by atoms with Crippen LogP contribution in [-0.4, -0.2) is 61.3 Å². The van der Waals surface area contributed by atoms with Crippen molar-refractivity contribution in [1.29, 1.82) is 0 Å². The largest absolute Gasteiger partial charge is 0.376 e. The number of hydrogen-bond acceptors (Lipinski definition) is 6. The Morgan fingerprint density at radius 3 is 2.54 bits per heavy atom. The van der Waals surface area contributed by atoms with Crippen LogP contribution in [0.25, 0.3) is 0 Å². The second-order valence-corrected chi connectivity index (χ2v) is 7.04. The number of amides is 1. The second kappa shape index (κ2) is 8.52. The van der Waals surface area contributed by atoms with Gasteiger partial charge in [0.05, 0.1) is 17.4 Å². The molecule has 28 heavy (non-hydrogen) atoms. The summed E-state index contributed by atoms with van der Waals surface area (Å²) in [5.74, 6) is 0.195.